The molecule has 1 fully saturated rings. The van der Waals surface area contributed by atoms with Crippen LogP contribution >= 0.6 is 0 Å². The van der Waals surface area contributed by atoms with Crippen molar-refractivity contribution in [3.05, 3.63) is 18.5 Å². The van der Waals surface area contributed by atoms with Crippen molar-refractivity contribution in [2.24, 2.45) is 0 Å². The van der Waals surface area contributed by atoms with Crippen molar-refractivity contribution in [1.29, 1.82) is 0 Å². The van der Waals surface area contributed by atoms with E-state index in [2.05, 4.69) is 20.2 Å². The molecular weight excluding hydrogens is 220 g/mol. The molecule has 6 heteroatoms. The van der Waals surface area contributed by atoms with Crippen molar-refractivity contribution >= 4 is 11.9 Å². The summed E-state index contributed by atoms with van der Waals surface area (Å²) in [6, 6.07) is 1.52. The minimum absolute atomic E-state index is 0.0851. The Morgan fingerprint density at radius 1 is 1.41 bits per heavy atom. The van der Waals surface area contributed by atoms with Crippen LogP contribution in [0.1, 0.15) is 6.92 Å². The van der Waals surface area contributed by atoms with Gasteiger partial charge in [-0.05, 0) is 13.0 Å². The third-order valence-electron chi connectivity index (χ3n) is 2.77. The Hall–Kier alpha value is -1.53. The Bertz CT molecular complexity index is 365. The second kappa shape index (κ2) is 5.70. The molecule has 0 bridgehead atoms. The molecule has 1 aromatic rings. The topological polar surface area (TPSA) is 67.4 Å². The summed E-state index contributed by atoms with van der Waals surface area (Å²) in [5.74, 6) is 0.260. The van der Waals surface area contributed by atoms with Gasteiger partial charge in [0.15, 0.2) is 0 Å². The van der Waals surface area contributed by atoms with E-state index in [9.17, 15) is 4.79 Å². The molecule has 0 saturated carbocycles. The maximum Gasteiger partial charge on any atom is 0.243 e. The molecule has 1 N–H and O–H groups in total. The normalized spacial score (nSPS) is 18.6. The fourth-order valence-corrected chi connectivity index (χ4v) is 1.71. The zero-order valence-corrected chi connectivity index (χ0v) is 9.80. The van der Waals surface area contributed by atoms with E-state index >= 15 is 0 Å². The van der Waals surface area contributed by atoms with E-state index in [1.165, 1.54) is 0 Å². The van der Waals surface area contributed by atoms with E-state index in [1.807, 2.05) is 6.92 Å². The summed E-state index contributed by atoms with van der Waals surface area (Å²) in [5.41, 5.74) is 0. The molecule has 1 aromatic heterocycles. The highest BCUT2D eigenvalue weighted by molar-refractivity contribution is 5.93. The molecule has 6 nitrogen and oxygen atoms in total. The van der Waals surface area contributed by atoms with Gasteiger partial charge in [-0.25, -0.2) is 9.97 Å². The molecule has 0 spiro atoms. The largest absolute Gasteiger partial charge is 0.379 e. The number of carbonyl (C=O) groups is 1. The van der Waals surface area contributed by atoms with E-state index in [0.29, 0.717) is 19.2 Å². The summed E-state index contributed by atoms with van der Waals surface area (Å²) in [6.07, 6.45) is 3.20. The van der Waals surface area contributed by atoms with Crippen LogP contribution in [0.5, 0.6) is 0 Å². The molecule has 17 heavy (non-hydrogen) atoms. The van der Waals surface area contributed by atoms with Gasteiger partial charge in [0.05, 0.1) is 19.3 Å². The van der Waals surface area contributed by atoms with E-state index in [-0.39, 0.29) is 11.9 Å². The van der Waals surface area contributed by atoms with Gasteiger partial charge in [0.1, 0.15) is 0 Å². The van der Waals surface area contributed by atoms with Crippen molar-refractivity contribution in [3.8, 4) is 0 Å². The van der Waals surface area contributed by atoms with E-state index in [0.717, 1.165) is 13.1 Å². The highest BCUT2D eigenvalue weighted by Crippen LogP contribution is 2.05. The number of ether oxygens (including phenoxy) is 1. The highest BCUT2D eigenvalue weighted by Gasteiger charge is 2.23. The average molecular weight is 236 g/mol. The standard InChI is InChI=1S/C11H16N4O2/c1-9(15-5-7-17-8-6-15)10(16)14-11-12-3-2-4-13-11/h2-4,9H,5-8H2,1H3,(H,12,13,14,16). The summed E-state index contributed by atoms with van der Waals surface area (Å²) in [5, 5.41) is 2.70. The number of morpholine rings is 1. The molecule has 0 aliphatic carbocycles. The fourth-order valence-electron chi connectivity index (χ4n) is 1.71. The van der Waals surface area contributed by atoms with E-state index in [1.54, 1.807) is 18.5 Å². The van der Waals surface area contributed by atoms with Gasteiger partial charge in [0, 0.05) is 25.5 Å². The SMILES string of the molecule is CC(C(=O)Nc1ncccn1)N1CCOCC1. The third kappa shape index (κ3) is 3.21. The first-order valence-corrected chi connectivity index (χ1v) is 5.67. The number of nitrogens with one attached hydrogen (secondary N) is 1. The summed E-state index contributed by atoms with van der Waals surface area (Å²) in [7, 11) is 0. The minimum atomic E-state index is -0.192. The number of carbonyl (C=O) groups excluding carboxylic acids is 1. The van der Waals surface area contributed by atoms with Gasteiger partial charge in [0.2, 0.25) is 11.9 Å². The summed E-state index contributed by atoms with van der Waals surface area (Å²) in [4.78, 5) is 21.9. The number of amides is 1. The summed E-state index contributed by atoms with van der Waals surface area (Å²) in [6.45, 7) is 4.80. The maximum absolute atomic E-state index is 11.9. The second-order valence-corrected chi connectivity index (χ2v) is 3.89. The van der Waals surface area contributed by atoms with Crippen molar-refractivity contribution in [2.45, 2.75) is 13.0 Å². The van der Waals surface area contributed by atoms with Crippen LogP contribution in [0.2, 0.25) is 0 Å². The van der Waals surface area contributed by atoms with Crippen LogP contribution in [0.3, 0.4) is 0 Å². The van der Waals surface area contributed by atoms with Crippen LogP contribution in [-0.4, -0.2) is 53.1 Å². The molecule has 1 saturated heterocycles. The second-order valence-electron chi connectivity index (χ2n) is 3.89. The zero-order valence-electron chi connectivity index (χ0n) is 9.80. The van der Waals surface area contributed by atoms with E-state index in [4.69, 9.17) is 4.74 Å². The predicted molar refractivity (Wildman–Crippen MR) is 62.5 cm³/mol. The number of aromatic nitrogens is 2. The fraction of sp³-hybridized carbons (Fsp3) is 0.545. The molecule has 0 radical (unpaired) electrons. The van der Waals surface area contributed by atoms with Crippen LogP contribution < -0.4 is 5.32 Å². The summed E-state index contributed by atoms with van der Waals surface area (Å²) >= 11 is 0. The van der Waals surface area contributed by atoms with Gasteiger partial charge in [0.25, 0.3) is 0 Å². The number of anilines is 1. The lowest BCUT2D eigenvalue weighted by molar-refractivity contribution is -0.122. The van der Waals surface area contributed by atoms with Crippen LogP contribution in [0.4, 0.5) is 5.95 Å². The van der Waals surface area contributed by atoms with Crippen molar-refractivity contribution in [3.63, 3.8) is 0 Å². The monoisotopic (exact) mass is 236 g/mol. The van der Waals surface area contributed by atoms with Crippen molar-refractivity contribution in [1.82, 2.24) is 14.9 Å². The molecule has 2 rings (SSSR count). The first-order valence-electron chi connectivity index (χ1n) is 5.67. The van der Waals surface area contributed by atoms with E-state index < -0.39 is 0 Å². The van der Waals surface area contributed by atoms with Gasteiger partial charge >= 0.3 is 0 Å². The number of hydrogen-bond donors (Lipinski definition) is 1. The first-order chi connectivity index (χ1) is 8.27. The van der Waals surface area contributed by atoms with Crippen LogP contribution in [0, 0.1) is 0 Å². The Balaban J connectivity index is 1.90. The van der Waals surface area contributed by atoms with Gasteiger partial charge in [-0.1, -0.05) is 0 Å². The van der Waals surface area contributed by atoms with Gasteiger partial charge < -0.3 is 4.74 Å². The molecule has 1 atom stereocenters. The quantitative estimate of drug-likeness (QED) is 0.808. The Morgan fingerprint density at radius 2 is 2.06 bits per heavy atom. The molecule has 1 aliphatic rings. The van der Waals surface area contributed by atoms with Gasteiger partial charge in [-0.15, -0.1) is 0 Å². The Labute approximate surface area is 100 Å². The lowest BCUT2D eigenvalue weighted by Gasteiger charge is -2.31. The molecule has 92 valence electrons. The highest BCUT2D eigenvalue weighted by atomic mass is 16.5. The van der Waals surface area contributed by atoms with Gasteiger partial charge in [-0.2, -0.15) is 0 Å². The number of hydrogen-bond acceptors (Lipinski definition) is 5. The van der Waals surface area contributed by atoms with Crippen molar-refractivity contribution < 1.29 is 9.53 Å². The molecule has 1 aliphatic heterocycles. The maximum atomic E-state index is 11.9. The van der Waals surface area contributed by atoms with Crippen LogP contribution in [0.25, 0.3) is 0 Å². The number of rotatable bonds is 3. The predicted octanol–water partition coefficient (Wildman–Crippen LogP) is 0.136. The lowest BCUT2D eigenvalue weighted by Crippen LogP contribution is -2.47. The zero-order chi connectivity index (χ0) is 12.1. The third-order valence-corrected chi connectivity index (χ3v) is 2.77. The van der Waals surface area contributed by atoms with Crippen molar-refractivity contribution in [2.75, 3.05) is 31.6 Å². The summed E-state index contributed by atoms with van der Waals surface area (Å²) < 4.78 is 5.25. The molecule has 1 unspecified atom stereocenters. The minimum Gasteiger partial charge on any atom is -0.379 e. The Morgan fingerprint density at radius 3 is 2.71 bits per heavy atom. The number of nitrogens with zero attached hydrogens (tertiary/aromatic N) is 3. The van der Waals surface area contributed by atoms with Crippen LogP contribution in [0.15, 0.2) is 18.5 Å². The molecule has 0 aromatic carbocycles. The molecular formula is C11H16N4O2. The molecule has 2 heterocycles. The Kier molecular flexibility index (Phi) is 4.00. The van der Waals surface area contributed by atoms with Gasteiger partial charge in [-0.3, -0.25) is 15.0 Å². The lowest BCUT2D eigenvalue weighted by atomic mass is 10.2. The first kappa shape index (κ1) is 11.9. The van der Waals surface area contributed by atoms with Crippen LogP contribution in [-0.2, 0) is 9.53 Å². The smallest absolute Gasteiger partial charge is 0.243 e. The average Bonchev–Trinajstić information content (AvgIpc) is 2.40. The molecule has 1 amide bonds.